The molecule has 3 N–H and O–H groups in total. The molecule has 2 saturated carbocycles. The second-order valence-corrected chi connectivity index (χ2v) is 5.79. The number of nitrogens with zero attached hydrogens (tertiary/aromatic N) is 3. The highest BCUT2D eigenvalue weighted by molar-refractivity contribution is 5.52. The van der Waals surface area contributed by atoms with Gasteiger partial charge in [0.25, 0.3) is 0 Å². The lowest BCUT2D eigenvalue weighted by Crippen LogP contribution is -2.29. The van der Waals surface area contributed by atoms with E-state index < -0.39 is 0 Å². The van der Waals surface area contributed by atoms with Crippen molar-refractivity contribution in [1.29, 1.82) is 0 Å². The van der Waals surface area contributed by atoms with Crippen molar-refractivity contribution in [1.82, 2.24) is 9.97 Å². The summed E-state index contributed by atoms with van der Waals surface area (Å²) in [6.07, 6.45) is 5.45. The Morgan fingerprint density at radius 2 is 1.84 bits per heavy atom. The molecular weight excluding hydrogens is 238 g/mol. The smallest absolute Gasteiger partial charge is 0.223 e. The lowest BCUT2D eigenvalue weighted by atomic mass is 10.3. The van der Waals surface area contributed by atoms with Gasteiger partial charge in [-0.15, -0.1) is 0 Å². The Balaban J connectivity index is 1.77. The fraction of sp³-hybridized carbons (Fsp3) is 0.714. The summed E-state index contributed by atoms with van der Waals surface area (Å²) in [6.45, 7) is 5.16. The highest BCUT2D eigenvalue weighted by atomic mass is 15.2. The van der Waals surface area contributed by atoms with E-state index in [1.165, 1.54) is 25.7 Å². The van der Waals surface area contributed by atoms with Crippen molar-refractivity contribution < 1.29 is 0 Å². The van der Waals surface area contributed by atoms with E-state index in [0.29, 0.717) is 5.95 Å². The Hall–Kier alpha value is -1.52. The molecule has 0 bridgehead atoms. The Morgan fingerprint density at radius 1 is 1.21 bits per heavy atom. The molecule has 104 valence electrons. The molecule has 0 aliphatic heterocycles. The third-order valence-electron chi connectivity index (χ3n) is 3.76. The quantitative estimate of drug-likeness (QED) is 0.787. The van der Waals surface area contributed by atoms with Gasteiger partial charge in [-0.2, -0.15) is 9.97 Å². The van der Waals surface area contributed by atoms with E-state index in [-0.39, 0.29) is 0 Å². The van der Waals surface area contributed by atoms with Crippen LogP contribution in [-0.4, -0.2) is 29.6 Å². The number of rotatable bonds is 7. The molecule has 3 rings (SSSR count). The minimum absolute atomic E-state index is 0.366. The molecule has 2 fully saturated rings. The van der Waals surface area contributed by atoms with E-state index in [2.05, 4.69) is 27.1 Å². The van der Waals surface area contributed by atoms with Crippen LogP contribution in [0.15, 0.2) is 6.07 Å². The Labute approximate surface area is 114 Å². The summed E-state index contributed by atoms with van der Waals surface area (Å²) in [6, 6.07) is 2.03. The largest absolute Gasteiger partial charge is 0.370 e. The van der Waals surface area contributed by atoms with Gasteiger partial charge in [-0.3, -0.25) is 0 Å². The average molecular weight is 261 g/mol. The van der Waals surface area contributed by atoms with Gasteiger partial charge in [0.15, 0.2) is 0 Å². The normalized spacial score (nSPS) is 18.4. The number of nitrogens with two attached hydrogens (primary N) is 1. The molecule has 0 atom stereocenters. The summed E-state index contributed by atoms with van der Waals surface area (Å²) in [4.78, 5) is 11.1. The first-order valence-corrected chi connectivity index (χ1v) is 7.38. The highest BCUT2D eigenvalue weighted by Crippen LogP contribution is 2.35. The van der Waals surface area contributed by atoms with Crippen molar-refractivity contribution in [3.63, 3.8) is 0 Å². The van der Waals surface area contributed by atoms with Crippen LogP contribution in [-0.2, 0) is 0 Å². The van der Waals surface area contributed by atoms with Crippen LogP contribution >= 0.6 is 0 Å². The monoisotopic (exact) mass is 261 g/mol. The Kier molecular flexibility index (Phi) is 3.44. The first-order chi connectivity index (χ1) is 9.24. The van der Waals surface area contributed by atoms with E-state index in [4.69, 9.17) is 5.73 Å². The molecule has 1 aromatic heterocycles. The zero-order valence-corrected chi connectivity index (χ0v) is 11.6. The lowest BCUT2D eigenvalue weighted by molar-refractivity contribution is 0.671. The molecule has 2 aliphatic carbocycles. The standard InChI is InChI=1S/C14H23N5/c1-2-16-12-7-13(18-14(15)17-12)19(8-10-3-4-10)9-11-5-6-11/h7,10-11H,2-6,8-9H2,1H3,(H3,15,16,17,18). The van der Waals surface area contributed by atoms with Crippen LogP contribution < -0.4 is 16.0 Å². The molecular formula is C14H23N5. The van der Waals surface area contributed by atoms with Crippen LogP contribution in [0, 0.1) is 11.8 Å². The maximum Gasteiger partial charge on any atom is 0.223 e. The summed E-state index contributed by atoms with van der Waals surface area (Å²) in [7, 11) is 0. The second kappa shape index (κ2) is 5.23. The predicted octanol–water partition coefficient (Wildman–Crippen LogP) is 2.12. The number of anilines is 3. The van der Waals surface area contributed by atoms with Gasteiger partial charge in [0.05, 0.1) is 0 Å². The summed E-state index contributed by atoms with van der Waals surface area (Å²) < 4.78 is 0. The minimum atomic E-state index is 0.366. The average Bonchev–Trinajstić information content (AvgIpc) is 3.22. The van der Waals surface area contributed by atoms with Gasteiger partial charge >= 0.3 is 0 Å². The lowest BCUT2D eigenvalue weighted by Gasteiger charge is -2.24. The molecule has 0 radical (unpaired) electrons. The molecule has 19 heavy (non-hydrogen) atoms. The minimum Gasteiger partial charge on any atom is -0.370 e. The highest BCUT2D eigenvalue weighted by Gasteiger charge is 2.30. The summed E-state index contributed by atoms with van der Waals surface area (Å²) in [5.74, 6) is 3.91. The van der Waals surface area contributed by atoms with Crippen LogP contribution in [0.3, 0.4) is 0 Å². The number of nitrogen functional groups attached to an aromatic ring is 1. The van der Waals surface area contributed by atoms with Crippen LogP contribution in [0.4, 0.5) is 17.6 Å². The maximum absolute atomic E-state index is 5.83. The van der Waals surface area contributed by atoms with Crippen molar-refractivity contribution in [2.45, 2.75) is 32.6 Å². The van der Waals surface area contributed by atoms with Crippen molar-refractivity contribution in [3.05, 3.63) is 6.07 Å². The van der Waals surface area contributed by atoms with Crippen molar-refractivity contribution >= 4 is 17.6 Å². The molecule has 1 aromatic rings. The number of nitrogens with one attached hydrogen (secondary N) is 1. The molecule has 2 aliphatic rings. The molecule has 0 aromatic carbocycles. The van der Waals surface area contributed by atoms with Gasteiger partial charge in [0.2, 0.25) is 5.95 Å². The summed E-state index contributed by atoms with van der Waals surface area (Å²) in [5, 5.41) is 3.22. The number of aromatic nitrogens is 2. The van der Waals surface area contributed by atoms with Gasteiger partial charge in [-0.05, 0) is 44.4 Å². The van der Waals surface area contributed by atoms with Gasteiger partial charge in [-0.1, -0.05) is 0 Å². The van der Waals surface area contributed by atoms with Crippen molar-refractivity contribution in [2.75, 3.05) is 35.6 Å². The van der Waals surface area contributed by atoms with Crippen molar-refractivity contribution in [2.24, 2.45) is 11.8 Å². The van der Waals surface area contributed by atoms with E-state index in [1.807, 2.05) is 6.07 Å². The third-order valence-corrected chi connectivity index (χ3v) is 3.76. The van der Waals surface area contributed by atoms with Crippen LogP contribution in [0.25, 0.3) is 0 Å². The van der Waals surface area contributed by atoms with Crippen LogP contribution in [0.5, 0.6) is 0 Å². The molecule has 5 nitrogen and oxygen atoms in total. The maximum atomic E-state index is 5.83. The van der Waals surface area contributed by atoms with Crippen molar-refractivity contribution in [3.8, 4) is 0 Å². The predicted molar refractivity (Wildman–Crippen MR) is 78.3 cm³/mol. The first-order valence-electron chi connectivity index (χ1n) is 7.38. The summed E-state index contributed by atoms with van der Waals surface area (Å²) >= 11 is 0. The molecule has 0 unspecified atom stereocenters. The van der Waals surface area contributed by atoms with E-state index in [9.17, 15) is 0 Å². The van der Waals surface area contributed by atoms with E-state index >= 15 is 0 Å². The Bertz CT molecular complexity index is 425. The number of hydrogen-bond acceptors (Lipinski definition) is 5. The molecule has 0 amide bonds. The number of hydrogen-bond donors (Lipinski definition) is 2. The van der Waals surface area contributed by atoms with Gasteiger partial charge in [0.1, 0.15) is 11.6 Å². The zero-order valence-electron chi connectivity index (χ0n) is 11.6. The van der Waals surface area contributed by atoms with E-state index in [0.717, 1.165) is 43.1 Å². The van der Waals surface area contributed by atoms with Gasteiger partial charge < -0.3 is 16.0 Å². The fourth-order valence-electron chi connectivity index (χ4n) is 2.37. The Morgan fingerprint density at radius 3 is 2.37 bits per heavy atom. The summed E-state index contributed by atoms with van der Waals surface area (Å²) in [5.41, 5.74) is 5.83. The first kappa shape index (κ1) is 12.5. The zero-order chi connectivity index (χ0) is 13.2. The third kappa shape index (κ3) is 3.49. The van der Waals surface area contributed by atoms with Crippen LogP contribution in [0.2, 0.25) is 0 Å². The SMILES string of the molecule is CCNc1cc(N(CC2CC2)CC2CC2)nc(N)n1. The van der Waals surface area contributed by atoms with Crippen LogP contribution in [0.1, 0.15) is 32.6 Å². The van der Waals surface area contributed by atoms with Gasteiger partial charge in [-0.25, -0.2) is 0 Å². The molecule has 0 spiro atoms. The van der Waals surface area contributed by atoms with E-state index in [1.54, 1.807) is 0 Å². The molecule has 5 heteroatoms. The fourth-order valence-corrected chi connectivity index (χ4v) is 2.37. The molecule has 1 heterocycles. The second-order valence-electron chi connectivity index (χ2n) is 5.79. The molecule has 0 saturated heterocycles. The topological polar surface area (TPSA) is 67.1 Å². The van der Waals surface area contributed by atoms with Gasteiger partial charge in [0, 0.05) is 25.7 Å².